The third-order valence-electron chi connectivity index (χ3n) is 1.85. The zero-order valence-electron chi connectivity index (χ0n) is 7.55. The maximum atomic E-state index is 11.2. The summed E-state index contributed by atoms with van der Waals surface area (Å²) in [5, 5.41) is 8.65. The van der Waals surface area contributed by atoms with E-state index >= 15 is 0 Å². The standard InChI is InChI=1S/C7H12N4O2/c1-8-6(12)4-3-10-11-5(4)7(13)9-2/h4,10H,3H2,1-2H3,(H,8,12)(H,9,13). The van der Waals surface area contributed by atoms with Crippen molar-refractivity contribution in [1.29, 1.82) is 0 Å². The zero-order valence-corrected chi connectivity index (χ0v) is 7.55. The fraction of sp³-hybridized carbons (Fsp3) is 0.571. The third-order valence-corrected chi connectivity index (χ3v) is 1.85. The van der Waals surface area contributed by atoms with Crippen molar-refractivity contribution in [3.8, 4) is 0 Å². The van der Waals surface area contributed by atoms with Crippen LogP contribution in [0, 0.1) is 5.92 Å². The molecule has 1 aliphatic rings. The van der Waals surface area contributed by atoms with Crippen LogP contribution in [0.2, 0.25) is 0 Å². The molecular formula is C7H12N4O2. The Hall–Kier alpha value is -1.59. The third kappa shape index (κ3) is 1.77. The molecule has 0 aromatic carbocycles. The smallest absolute Gasteiger partial charge is 0.268 e. The minimum atomic E-state index is -0.482. The van der Waals surface area contributed by atoms with E-state index in [1.807, 2.05) is 0 Å². The molecule has 1 aliphatic heterocycles. The lowest BCUT2D eigenvalue weighted by atomic mass is 10.0. The molecule has 0 aliphatic carbocycles. The predicted molar refractivity (Wildman–Crippen MR) is 47.1 cm³/mol. The van der Waals surface area contributed by atoms with Crippen LogP contribution in [-0.4, -0.2) is 38.2 Å². The maximum Gasteiger partial charge on any atom is 0.268 e. The zero-order chi connectivity index (χ0) is 9.84. The van der Waals surface area contributed by atoms with Crippen molar-refractivity contribution in [2.45, 2.75) is 0 Å². The second kappa shape index (κ2) is 3.88. The summed E-state index contributed by atoms with van der Waals surface area (Å²) in [5.41, 5.74) is 2.86. The summed E-state index contributed by atoms with van der Waals surface area (Å²) in [4.78, 5) is 22.4. The molecule has 72 valence electrons. The van der Waals surface area contributed by atoms with Gasteiger partial charge in [-0.05, 0) is 0 Å². The highest BCUT2D eigenvalue weighted by Crippen LogP contribution is 2.05. The van der Waals surface area contributed by atoms with Crippen LogP contribution in [0.5, 0.6) is 0 Å². The van der Waals surface area contributed by atoms with Gasteiger partial charge in [-0.1, -0.05) is 0 Å². The number of hydrogen-bond donors (Lipinski definition) is 3. The van der Waals surface area contributed by atoms with Crippen LogP contribution in [-0.2, 0) is 9.59 Å². The van der Waals surface area contributed by atoms with E-state index in [2.05, 4.69) is 21.2 Å². The molecule has 0 fully saturated rings. The summed E-state index contributed by atoms with van der Waals surface area (Å²) in [6.07, 6.45) is 0. The molecule has 0 spiro atoms. The molecule has 2 amide bonds. The fourth-order valence-electron chi connectivity index (χ4n) is 1.12. The highest BCUT2D eigenvalue weighted by atomic mass is 16.2. The Kier molecular flexibility index (Phi) is 2.84. The van der Waals surface area contributed by atoms with E-state index in [9.17, 15) is 9.59 Å². The normalized spacial score (nSPS) is 20.2. The number of rotatable bonds is 2. The van der Waals surface area contributed by atoms with Gasteiger partial charge in [0.1, 0.15) is 11.6 Å². The lowest BCUT2D eigenvalue weighted by Crippen LogP contribution is -2.40. The molecule has 1 unspecified atom stereocenters. The van der Waals surface area contributed by atoms with Crippen LogP contribution < -0.4 is 16.1 Å². The summed E-state index contributed by atoms with van der Waals surface area (Å²) in [7, 11) is 3.03. The van der Waals surface area contributed by atoms with Gasteiger partial charge in [0.25, 0.3) is 5.91 Å². The monoisotopic (exact) mass is 184 g/mol. The number of hydrazone groups is 1. The van der Waals surface area contributed by atoms with Gasteiger partial charge < -0.3 is 16.1 Å². The Morgan fingerprint density at radius 1 is 1.46 bits per heavy atom. The van der Waals surface area contributed by atoms with Crippen LogP contribution in [0.15, 0.2) is 5.10 Å². The molecule has 1 rings (SSSR count). The lowest BCUT2D eigenvalue weighted by molar-refractivity contribution is -0.123. The van der Waals surface area contributed by atoms with Crippen LogP contribution in [0.3, 0.4) is 0 Å². The van der Waals surface area contributed by atoms with Gasteiger partial charge in [-0.3, -0.25) is 9.59 Å². The van der Waals surface area contributed by atoms with E-state index in [4.69, 9.17) is 0 Å². The van der Waals surface area contributed by atoms with Crippen molar-refractivity contribution in [3.05, 3.63) is 0 Å². The molecule has 6 heteroatoms. The molecule has 0 bridgehead atoms. The SMILES string of the molecule is CNC(=O)C1=NNCC1C(=O)NC. The average Bonchev–Trinajstić information content (AvgIpc) is 2.63. The average molecular weight is 184 g/mol. The van der Waals surface area contributed by atoms with Crippen LogP contribution in [0.4, 0.5) is 0 Å². The minimum absolute atomic E-state index is 0.202. The molecule has 0 radical (unpaired) electrons. The Morgan fingerprint density at radius 2 is 2.15 bits per heavy atom. The van der Waals surface area contributed by atoms with E-state index in [1.165, 1.54) is 14.1 Å². The van der Waals surface area contributed by atoms with Gasteiger partial charge >= 0.3 is 0 Å². The first kappa shape index (κ1) is 9.50. The first-order valence-electron chi connectivity index (χ1n) is 3.94. The van der Waals surface area contributed by atoms with Gasteiger partial charge in [0.05, 0.1) is 6.54 Å². The number of carbonyl (C=O) groups is 2. The number of nitrogens with zero attached hydrogens (tertiary/aromatic N) is 1. The molecule has 0 aromatic rings. The fourth-order valence-corrected chi connectivity index (χ4v) is 1.12. The summed E-state index contributed by atoms with van der Waals surface area (Å²) < 4.78 is 0. The van der Waals surface area contributed by atoms with Gasteiger partial charge in [0, 0.05) is 14.1 Å². The minimum Gasteiger partial charge on any atom is -0.359 e. The summed E-state index contributed by atoms with van der Waals surface area (Å²) in [6, 6.07) is 0. The van der Waals surface area contributed by atoms with Crippen LogP contribution in [0.1, 0.15) is 0 Å². The Bertz CT molecular complexity index is 261. The largest absolute Gasteiger partial charge is 0.359 e. The maximum absolute atomic E-state index is 11.2. The summed E-state index contributed by atoms with van der Waals surface area (Å²) in [6.45, 7) is 0.377. The van der Waals surface area contributed by atoms with Gasteiger partial charge in [0.2, 0.25) is 5.91 Å². The van der Waals surface area contributed by atoms with Crippen molar-refractivity contribution in [2.24, 2.45) is 11.0 Å². The number of hydrogen-bond acceptors (Lipinski definition) is 4. The first-order valence-corrected chi connectivity index (χ1v) is 3.94. The molecule has 0 aromatic heterocycles. The topological polar surface area (TPSA) is 82.6 Å². The highest BCUT2D eigenvalue weighted by molar-refractivity contribution is 6.43. The van der Waals surface area contributed by atoms with E-state index in [1.54, 1.807) is 0 Å². The van der Waals surface area contributed by atoms with Gasteiger partial charge in [-0.25, -0.2) is 0 Å². The van der Waals surface area contributed by atoms with E-state index < -0.39 is 5.92 Å². The summed E-state index contributed by atoms with van der Waals surface area (Å²) >= 11 is 0. The Balaban J connectivity index is 2.73. The molecule has 13 heavy (non-hydrogen) atoms. The summed E-state index contributed by atoms with van der Waals surface area (Å²) in [5.74, 6) is -1.00. The Labute approximate surface area is 75.8 Å². The Morgan fingerprint density at radius 3 is 2.69 bits per heavy atom. The van der Waals surface area contributed by atoms with Crippen molar-refractivity contribution in [3.63, 3.8) is 0 Å². The quantitative estimate of drug-likeness (QED) is 0.466. The van der Waals surface area contributed by atoms with Crippen LogP contribution in [0.25, 0.3) is 0 Å². The molecule has 1 atom stereocenters. The predicted octanol–water partition coefficient (Wildman–Crippen LogP) is -1.95. The second-order valence-electron chi connectivity index (χ2n) is 2.61. The van der Waals surface area contributed by atoms with Crippen molar-refractivity contribution in [2.75, 3.05) is 20.6 Å². The number of nitrogens with one attached hydrogen (secondary N) is 3. The molecule has 0 saturated carbocycles. The van der Waals surface area contributed by atoms with E-state index in [0.717, 1.165) is 0 Å². The molecule has 1 heterocycles. The number of carbonyl (C=O) groups excluding carboxylic acids is 2. The molecular weight excluding hydrogens is 172 g/mol. The molecule has 6 nitrogen and oxygen atoms in total. The van der Waals surface area contributed by atoms with Gasteiger partial charge in [-0.15, -0.1) is 0 Å². The number of amides is 2. The van der Waals surface area contributed by atoms with E-state index in [-0.39, 0.29) is 17.5 Å². The van der Waals surface area contributed by atoms with Crippen molar-refractivity contribution < 1.29 is 9.59 Å². The molecule has 0 saturated heterocycles. The highest BCUT2D eigenvalue weighted by Gasteiger charge is 2.31. The molecule has 3 N–H and O–H groups in total. The first-order chi connectivity index (χ1) is 6.20. The van der Waals surface area contributed by atoms with Crippen LogP contribution >= 0.6 is 0 Å². The van der Waals surface area contributed by atoms with Crippen molar-refractivity contribution in [1.82, 2.24) is 16.1 Å². The second-order valence-corrected chi connectivity index (χ2v) is 2.61. The van der Waals surface area contributed by atoms with E-state index in [0.29, 0.717) is 6.54 Å². The van der Waals surface area contributed by atoms with Gasteiger partial charge in [0.15, 0.2) is 0 Å². The lowest BCUT2D eigenvalue weighted by Gasteiger charge is -2.08. The van der Waals surface area contributed by atoms with Crippen molar-refractivity contribution >= 4 is 17.5 Å². The van der Waals surface area contributed by atoms with Gasteiger partial charge in [-0.2, -0.15) is 5.10 Å².